The molecule has 19 heavy (non-hydrogen) atoms. The van der Waals surface area contributed by atoms with Crippen LogP contribution in [0.3, 0.4) is 0 Å². The van der Waals surface area contributed by atoms with Crippen LogP contribution in [-0.2, 0) is 4.74 Å². The first kappa shape index (κ1) is 12.9. The van der Waals surface area contributed by atoms with E-state index in [2.05, 4.69) is 64.6 Å². The van der Waals surface area contributed by atoms with Gasteiger partial charge in [-0.1, -0.05) is 40.2 Å². The zero-order valence-corrected chi connectivity index (χ0v) is 12.6. The molecule has 1 aliphatic carbocycles. The Morgan fingerprint density at radius 3 is 2.63 bits per heavy atom. The van der Waals surface area contributed by atoms with Gasteiger partial charge in [-0.2, -0.15) is 0 Å². The standard InChI is InChI=1S/C16H18BrNO/c1-2-19-12-9-11(10-12)18-16-8-7-15(17)13-5-3-4-6-14(13)16/h3-8,11-12,18H,2,9-10H2,1H3. The number of rotatable bonds is 4. The summed E-state index contributed by atoms with van der Waals surface area (Å²) in [5.74, 6) is 0. The molecule has 2 nitrogen and oxygen atoms in total. The minimum absolute atomic E-state index is 0.448. The molecule has 2 aromatic carbocycles. The van der Waals surface area contributed by atoms with Crippen LogP contribution in [0.15, 0.2) is 40.9 Å². The van der Waals surface area contributed by atoms with Crippen molar-refractivity contribution in [2.75, 3.05) is 11.9 Å². The van der Waals surface area contributed by atoms with Gasteiger partial charge in [-0.15, -0.1) is 0 Å². The maximum Gasteiger partial charge on any atom is 0.0614 e. The van der Waals surface area contributed by atoms with Gasteiger partial charge in [0.1, 0.15) is 0 Å². The highest BCUT2D eigenvalue weighted by molar-refractivity contribution is 9.10. The summed E-state index contributed by atoms with van der Waals surface area (Å²) in [5.41, 5.74) is 1.22. The van der Waals surface area contributed by atoms with Crippen LogP contribution in [0.5, 0.6) is 0 Å². The zero-order chi connectivity index (χ0) is 13.2. The second-order valence-corrected chi connectivity index (χ2v) is 5.88. The van der Waals surface area contributed by atoms with E-state index in [0.29, 0.717) is 12.1 Å². The van der Waals surface area contributed by atoms with Gasteiger partial charge in [-0.3, -0.25) is 0 Å². The fourth-order valence-corrected chi connectivity index (χ4v) is 3.14. The van der Waals surface area contributed by atoms with Crippen molar-refractivity contribution in [1.82, 2.24) is 0 Å². The van der Waals surface area contributed by atoms with Crippen molar-refractivity contribution in [3.8, 4) is 0 Å². The Morgan fingerprint density at radius 1 is 1.16 bits per heavy atom. The Hall–Kier alpha value is -1.06. The number of benzene rings is 2. The number of ether oxygens (including phenoxy) is 1. The van der Waals surface area contributed by atoms with Gasteiger partial charge in [0.15, 0.2) is 0 Å². The third-order valence-electron chi connectivity index (χ3n) is 3.73. The van der Waals surface area contributed by atoms with E-state index in [0.717, 1.165) is 23.9 Å². The molecule has 1 saturated carbocycles. The predicted molar refractivity (Wildman–Crippen MR) is 83.7 cm³/mol. The van der Waals surface area contributed by atoms with E-state index in [4.69, 9.17) is 4.74 Å². The summed E-state index contributed by atoms with van der Waals surface area (Å²) >= 11 is 3.61. The second-order valence-electron chi connectivity index (χ2n) is 5.03. The highest BCUT2D eigenvalue weighted by Gasteiger charge is 2.29. The third-order valence-corrected chi connectivity index (χ3v) is 4.42. The quantitative estimate of drug-likeness (QED) is 0.890. The van der Waals surface area contributed by atoms with Crippen LogP contribution in [0.25, 0.3) is 10.8 Å². The average molecular weight is 320 g/mol. The van der Waals surface area contributed by atoms with Crippen LogP contribution in [0.4, 0.5) is 5.69 Å². The van der Waals surface area contributed by atoms with Gasteiger partial charge in [0.05, 0.1) is 6.10 Å². The number of anilines is 1. The molecule has 100 valence electrons. The van der Waals surface area contributed by atoms with Gasteiger partial charge in [-0.25, -0.2) is 0 Å². The Morgan fingerprint density at radius 2 is 1.89 bits per heavy atom. The molecule has 0 aliphatic heterocycles. The minimum Gasteiger partial charge on any atom is -0.382 e. The molecule has 0 atom stereocenters. The second kappa shape index (κ2) is 5.51. The Balaban J connectivity index is 1.77. The maximum absolute atomic E-state index is 5.60. The van der Waals surface area contributed by atoms with Crippen molar-refractivity contribution >= 4 is 32.4 Å². The number of hydrogen-bond donors (Lipinski definition) is 1. The molecule has 0 saturated heterocycles. The number of nitrogens with one attached hydrogen (secondary N) is 1. The molecule has 0 aromatic heterocycles. The first-order chi connectivity index (χ1) is 9.28. The lowest BCUT2D eigenvalue weighted by Crippen LogP contribution is -2.40. The Labute approximate surface area is 122 Å². The normalized spacial score (nSPS) is 22.2. The lowest BCUT2D eigenvalue weighted by molar-refractivity contribution is 0.00302. The average Bonchev–Trinajstić information content (AvgIpc) is 2.39. The highest BCUT2D eigenvalue weighted by atomic mass is 79.9. The summed E-state index contributed by atoms with van der Waals surface area (Å²) in [6.07, 6.45) is 2.67. The predicted octanol–water partition coefficient (Wildman–Crippen LogP) is 4.58. The molecule has 0 radical (unpaired) electrons. The molecule has 1 aliphatic rings. The molecule has 0 spiro atoms. The fourth-order valence-electron chi connectivity index (χ4n) is 2.66. The van der Waals surface area contributed by atoms with E-state index >= 15 is 0 Å². The highest BCUT2D eigenvalue weighted by Crippen LogP contribution is 2.33. The fraction of sp³-hybridized carbons (Fsp3) is 0.375. The van der Waals surface area contributed by atoms with E-state index in [9.17, 15) is 0 Å². The van der Waals surface area contributed by atoms with Crippen LogP contribution < -0.4 is 5.32 Å². The lowest BCUT2D eigenvalue weighted by atomic mass is 9.89. The molecule has 1 N–H and O–H groups in total. The van der Waals surface area contributed by atoms with Crippen LogP contribution in [0.1, 0.15) is 19.8 Å². The van der Waals surface area contributed by atoms with Crippen LogP contribution >= 0.6 is 15.9 Å². The lowest BCUT2D eigenvalue weighted by Gasteiger charge is -2.36. The molecule has 0 unspecified atom stereocenters. The van der Waals surface area contributed by atoms with Crippen LogP contribution in [0, 0.1) is 0 Å². The molecule has 3 heteroatoms. The van der Waals surface area contributed by atoms with E-state index in [1.54, 1.807) is 0 Å². The first-order valence-corrected chi connectivity index (χ1v) is 7.62. The van der Waals surface area contributed by atoms with Gasteiger partial charge >= 0.3 is 0 Å². The third kappa shape index (κ3) is 2.63. The van der Waals surface area contributed by atoms with E-state index in [-0.39, 0.29) is 0 Å². The van der Waals surface area contributed by atoms with Crippen molar-refractivity contribution in [2.45, 2.75) is 31.9 Å². The number of hydrogen-bond acceptors (Lipinski definition) is 2. The Kier molecular flexibility index (Phi) is 3.76. The van der Waals surface area contributed by atoms with Gasteiger partial charge in [-0.05, 0) is 37.3 Å². The summed E-state index contributed by atoms with van der Waals surface area (Å²) in [4.78, 5) is 0. The summed E-state index contributed by atoms with van der Waals surface area (Å²) in [7, 11) is 0. The van der Waals surface area contributed by atoms with Gasteiger partial charge < -0.3 is 10.1 Å². The van der Waals surface area contributed by atoms with Gasteiger partial charge in [0.2, 0.25) is 0 Å². The molecule has 1 fully saturated rings. The van der Waals surface area contributed by atoms with Crippen molar-refractivity contribution in [3.63, 3.8) is 0 Å². The molecule has 0 amide bonds. The molecular formula is C16H18BrNO. The molecule has 3 rings (SSSR count). The topological polar surface area (TPSA) is 21.3 Å². The van der Waals surface area contributed by atoms with Crippen LogP contribution in [0.2, 0.25) is 0 Å². The largest absolute Gasteiger partial charge is 0.382 e. The van der Waals surface area contributed by atoms with Gasteiger partial charge in [0.25, 0.3) is 0 Å². The SMILES string of the molecule is CCOC1CC(Nc2ccc(Br)c3ccccc23)C1. The molecule has 0 heterocycles. The molecule has 2 aromatic rings. The van der Waals surface area contributed by atoms with Crippen molar-refractivity contribution in [2.24, 2.45) is 0 Å². The zero-order valence-electron chi connectivity index (χ0n) is 11.0. The Bertz CT molecular complexity index is 578. The van der Waals surface area contributed by atoms with Crippen LogP contribution in [-0.4, -0.2) is 18.8 Å². The first-order valence-electron chi connectivity index (χ1n) is 6.83. The monoisotopic (exact) mass is 319 g/mol. The van der Waals surface area contributed by atoms with E-state index in [1.807, 2.05) is 0 Å². The molecular weight excluding hydrogens is 302 g/mol. The number of fused-ring (bicyclic) bond motifs is 1. The van der Waals surface area contributed by atoms with E-state index in [1.165, 1.54) is 16.5 Å². The minimum atomic E-state index is 0.448. The molecule has 0 bridgehead atoms. The van der Waals surface area contributed by atoms with Crippen molar-refractivity contribution < 1.29 is 4.74 Å². The smallest absolute Gasteiger partial charge is 0.0614 e. The summed E-state index contributed by atoms with van der Waals surface area (Å²) < 4.78 is 6.75. The van der Waals surface area contributed by atoms with Crippen molar-refractivity contribution in [3.05, 3.63) is 40.9 Å². The maximum atomic E-state index is 5.60. The summed E-state index contributed by atoms with van der Waals surface area (Å²) in [6.45, 7) is 2.88. The van der Waals surface area contributed by atoms with Gasteiger partial charge in [0, 0.05) is 28.2 Å². The summed E-state index contributed by atoms with van der Waals surface area (Å²) in [6, 6.07) is 13.3. The number of halogens is 1. The van der Waals surface area contributed by atoms with E-state index < -0.39 is 0 Å². The summed E-state index contributed by atoms with van der Waals surface area (Å²) in [5, 5.41) is 6.17. The van der Waals surface area contributed by atoms with Crippen molar-refractivity contribution in [1.29, 1.82) is 0 Å².